The molecular weight excluding hydrogens is 663 g/mol. The van der Waals surface area contributed by atoms with Gasteiger partial charge in [-0.1, -0.05) is 194 Å². The van der Waals surface area contributed by atoms with E-state index in [2.05, 4.69) is 229 Å². The Morgan fingerprint density at radius 2 is 0.673 bits per heavy atom. The van der Waals surface area contributed by atoms with E-state index in [0.29, 0.717) is 0 Å². The molecule has 0 aliphatic heterocycles. The summed E-state index contributed by atoms with van der Waals surface area (Å²) in [5.74, 6) is 0. The van der Waals surface area contributed by atoms with Crippen molar-refractivity contribution in [3.63, 3.8) is 0 Å². The molecule has 0 atom stereocenters. The van der Waals surface area contributed by atoms with E-state index >= 15 is 0 Å². The molecule has 1 heteroatoms. The second-order valence-electron chi connectivity index (χ2n) is 14.1. The first-order valence-corrected chi connectivity index (χ1v) is 18.9. The molecule has 10 rings (SSSR count). The fourth-order valence-corrected chi connectivity index (χ4v) is 8.23. The molecule has 258 valence electrons. The molecule has 10 aromatic carbocycles. The Hall–Kier alpha value is -7.22. The summed E-state index contributed by atoms with van der Waals surface area (Å²) >= 11 is 0. The SMILES string of the molecule is c1ccc(-c2ccc(N(c3ccc(-c4ccccc4-c4ccccc4)cc3)c3c(-c4ccc5ccccc5c4)c4ccccc4c4ccccc34)cc2)cc1. The van der Waals surface area contributed by atoms with Crippen LogP contribution >= 0.6 is 0 Å². The summed E-state index contributed by atoms with van der Waals surface area (Å²) in [6, 6.07) is 81.5. The lowest BCUT2D eigenvalue weighted by Gasteiger charge is -2.31. The van der Waals surface area contributed by atoms with Crippen LogP contribution in [0.1, 0.15) is 0 Å². The van der Waals surface area contributed by atoms with Crippen LogP contribution in [0.5, 0.6) is 0 Å². The van der Waals surface area contributed by atoms with Crippen LogP contribution in [0.25, 0.3) is 76.8 Å². The molecule has 0 aromatic heterocycles. The van der Waals surface area contributed by atoms with Crippen molar-refractivity contribution in [1.82, 2.24) is 0 Å². The van der Waals surface area contributed by atoms with Crippen molar-refractivity contribution in [1.29, 1.82) is 0 Å². The molecule has 0 bridgehead atoms. The normalized spacial score (nSPS) is 11.3. The zero-order valence-corrected chi connectivity index (χ0v) is 30.3. The van der Waals surface area contributed by atoms with Gasteiger partial charge in [0.1, 0.15) is 0 Å². The van der Waals surface area contributed by atoms with Gasteiger partial charge in [-0.3, -0.25) is 0 Å². The lowest BCUT2D eigenvalue weighted by molar-refractivity contribution is 1.30. The van der Waals surface area contributed by atoms with Gasteiger partial charge in [0.05, 0.1) is 5.69 Å². The Kier molecular flexibility index (Phi) is 8.24. The second kappa shape index (κ2) is 14.0. The van der Waals surface area contributed by atoms with Crippen LogP contribution in [0.4, 0.5) is 17.1 Å². The second-order valence-corrected chi connectivity index (χ2v) is 14.1. The van der Waals surface area contributed by atoms with E-state index in [4.69, 9.17) is 0 Å². The van der Waals surface area contributed by atoms with Crippen molar-refractivity contribution >= 4 is 49.4 Å². The van der Waals surface area contributed by atoms with E-state index < -0.39 is 0 Å². The third kappa shape index (κ3) is 5.93. The van der Waals surface area contributed by atoms with Crippen molar-refractivity contribution < 1.29 is 0 Å². The lowest BCUT2D eigenvalue weighted by atomic mass is 9.89. The molecule has 0 saturated heterocycles. The minimum absolute atomic E-state index is 1.09. The van der Waals surface area contributed by atoms with Crippen molar-refractivity contribution in [3.8, 4) is 44.5 Å². The monoisotopic (exact) mass is 699 g/mol. The maximum Gasteiger partial charge on any atom is 0.0624 e. The van der Waals surface area contributed by atoms with E-state index in [1.807, 2.05) is 0 Å². The molecule has 0 radical (unpaired) electrons. The lowest BCUT2D eigenvalue weighted by Crippen LogP contribution is -2.12. The first kappa shape index (κ1) is 32.4. The fourth-order valence-electron chi connectivity index (χ4n) is 8.23. The van der Waals surface area contributed by atoms with Gasteiger partial charge in [0.2, 0.25) is 0 Å². The summed E-state index contributed by atoms with van der Waals surface area (Å²) in [5, 5.41) is 7.37. The third-order valence-electron chi connectivity index (χ3n) is 10.8. The highest BCUT2D eigenvalue weighted by Gasteiger charge is 2.24. The first-order chi connectivity index (χ1) is 27.3. The molecule has 55 heavy (non-hydrogen) atoms. The zero-order chi connectivity index (χ0) is 36.6. The predicted octanol–water partition coefficient (Wildman–Crippen LogP) is 15.3. The number of nitrogens with zero attached hydrogens (tertiary/aromatic N) is 1. The van der Waals surface area contributed by atoms with E-state index in [9.17, 15) is 0 Å². The van der Waals surface area contributed by atoms with E-state index in [-0.39, 0.29) is 0 Å². The van der Waals surface area contributed by atoms with Gasteiger partial charge in [-0.05, 0) is 96.2 Å². The number of anilines is 3. The number of benzene rings is 10. The Balaban J connectivity index is 1.23. The van der Waals surface area contributed by atoms with Gasteiger partial charge in [0, 0.05) is 22.3 Å². The number of hydrogen-bond donors (Lipinski definition) is 0. The van der Waals surface area contributed by atoms with Gasteiger partial charge in [0.15, 0.2) is 0 Å². The Morgan fingerprint density at radius 1 is 0.255 bits per heavy atom. The summed E-state index contributed by atoms with van der Waals surface area (Å²) in [4.78, 5) is 2.47. The van der Waals surface area contributed by atoms with Crippen LogP contribution in [0.2, 0.25) is 0 Å². The van der Waals surface area contributed by atoms with Crippen molar-refractivity contribution in [2.24, 2.45) is 0 Å². The van der Waals surface area contributed by atoms with Crippen molar-refractivity contribution in [3.05, 3.63) is 224 Å². The summed E-state index contributed by atoms with van der Waals surface area (Å²) in [6.45, 7) is 0. The van der Waals surface area contributed by atoms with Crippen LogP contribution in [0.15, 0.2) is 224 Å². The van der Waals surface area contributed by atoms with Crippen LogP contribution in [-0.2, 0) is 0 Å². The molecule has 0 saturated carbocycles. The van der Waals surface area contributed by atoms with Gasteiger partial charge in [-0.15, -0.1) is 0 Å². The smallest absolute Gasteiger partial charge is 0.0624 e. The first-order valence-electron chi connectivity index (χ1n) is 18.9. The fraction of sp³-hybridized carbons (Fsp3) is 0. The minimum Gasteiger partial charge on any atom is -0.309 e. The molecule has 0 amide bonds. The zero-order valence-electron chi connectivity index (χ0n) is 30.3. The Bertz CT molecular complexity index is 2950. The minimum atomic E-state index is 1.09. The molecule has 0 aliphatic rings. The van der Waals surface area contributed by atoms with Gasteiger partial charge in [-0.25, -0.2) is 0 Å². The number of hydrogen-bond acceptors (Lipinski definition) is 1. The molecule has 0 fully saturated rings. The summed E-state index contributed by atoms with van der Waals surface area (Å²) in [7, 11) is 0. The van der Waals surface area contributed by atoms with E-state index in [0.717, 1.165) is 17.1 Å². The Morgan fingerprint density at radius 3 is 1.31 bits per heavy atom. The van der Waals surface area contributed by atoms with Crippen molar-refractivity contribution in [2.45, 2.75) is 0 Å². The molecule has 0 aliphatic carbocycles. The molecule has 0 spiro atoms. The van der Waals surface area contributed by atoms with Gasteiger partial charge < -0.3 is 4.90 Å². The highest BCUT2D eigenvalue weighted by molar-refractivity contribution is 6.22. The number of rotatable bonds is 7. The van der Waals surface area contributed by atoms with Gasteiger partial charge >= 0.3 is 0 Å². The van der Waals surface area contributed by atoms with Gasteiger partial charge in [-0.2, -0.15) is 0 Å². The topological polar surface area (TPSA) is 3.24 Å². The number of fused-ring (bicyclic) bond motifs is 4. The Labute approximate surface area is 322 Å². The largest absolute Gasteiger partial charge is 0.309 e. The molecule has 1 nitrogen and oxygen atoms in total. The molecule has 0 N–H and O–H groups in total. The summed E-state index contributed by atoms with van der Waals surface area (Å²) in [5.41, 5.74) is 13.0. The maximum absolute atomic E-state index is 2.47. The predicted molar refractivity (Wildman–Crippen MR) is 235 cm³/mol. The van der Waals surface area contributed by atoms with Crippen molar-refractivity contribution in [2.75, 3.05) is 4.90 Å². The standard InChI is InChI=1S/C54H37N/c1-3-15-38(16-4-1)40-29-33-45(34-30-40)55(46-35-31-42(32-36-46)48-22-10-9-21-47(48)41-18-5-2-6-19-41)54-52-26-14-12-24-50(52)49-23-11-13-25-51(49)53(54)44-28-27-39-17-7-8-20-43(39)37-44/h1-37H. The van der Waals surface area contributed by atoms with Crippen LogP contribution in [0, 0.1) is 0 Å². The highest BCUT2D eigenvalue weighted by Crippen LogP contribution is 2.50. The average molecular weight is 700 g/mol. The maximum atomic E-state index is 2.47. The quantitative estimate of drug-likeness (QED) is 0.150. The molecule has 0 heterocycles. The van der Waals surface area contributed by atoms with E-state index in [1.54, 1.807) is 0 Å². The van der Waals surface area contributed by atoms with Crippen LogP contribution < -0.4 is 4.90 Å². The molecule has 10 aromatic rings. The summed E-state index contributed by atoms with van der Waals surface area (Å²) in [6.07, 6.45) is 0. The average Bonchev–Trinajstić information content (AvgIpc) is 3.27. The molecule has 0 unspecified atom stereocenters. The van der Waals surface area contributed by atoms with Gasteiger partial charge in [0.25, 0.3) is 0 Å². The van der Waals surface area contributed by atoms with E-state index in [1.165, 1.54) is 76.8 Å². The third-order valence-corrected chi connectivity index (χ3v) is 10.8. The van der Waals surface area contributed by atoms with Crippen LogP contribution in [0.3, 0.4) is 0 Å². The van der Waals surface area contributed by atoms with Crippen LogP contribution in [-0.4, -0.2) is 0 Å². The molecular formula is C54H37N. The summed E-state index contributed by atoms with van der Waals surface area (Å²) < 4.78 is 0. The highest BCUT2D eigenvalue weighted by atomic mass is 15.1.